The average molecular weight is 474 g/mol. The molecule has 7 heteroatoms. The molecule has 0 bridgehead atoms. The summed E-state index contributed by atoms with van der Waals surface area (Å²) in [6.45, 7) is 12.0. The predicted molar refractivity (Wildman–Crippen MR) is 146 cm³/mol. The lowest BCUT2D eigenvalue weighted by molar-refractivity contribution is 0.580. The molecular formula is C28H39N7. The summed E-state index contributed by atoms with van der Waals surface area (Å²) in [7, 11) is 0. The molecule has 1 saturated heterocycles. The fourth-order valence-electron chi connectivity index (χ4n) is 5.61. The van der Waals surface area contributed by atoms with E-state index in [1.54, 1.807) is 0 Å². The van der Waals surface area contributed by atoms with Crippen LogP contribution in [0, 0.1) is 11.8 Å². The van der Waals surface area contributed by atoms with Gasteiger partial charge in [0.1, 0.15) is 12.5 Å². The number of nitrogens with one attached hydrogen (secondary N) is 2. The van der Waals surface area contributed by atoms with Crippen LogP contribution in [-0.2, 0) is 0 Å². The number of rotatable bonds is 4. The topological polar surface area (TPSA) is 77.8 Å². The van der Waals surface area contributed by atoms with Gasteiger partial charge in [0.25, 0.3) is 0 Å². The lowest BCUT2D eigenvalue weighted by atomic mass is 9.83. The maximum atomic E-state index is 5.34. The number of piperazine rings is 1. The number of fused-ring (bicyclic) bond motifs is 1. The Balaban J connectivity index is 1.72. The fraction of sp³-hybridized carbons (Fsp3) is 0.571. The van der Waals surface area contributed by atoms with E-state index in [1.807, 2.05) is 6.21 Å². The molecule has 3 aliphatic heterocycles. The molecular weight excluding hydrogens is 434 g/mol. The first-order chi connectivity index (χ1) is 17.2. The monoisotopic (exact) mass is 473 g/mol. The van der Waals surface area contributed by atoms with Gasteiger partial charge in [-0.15, -0.1) is 0 Å². The largest absolute Gasteiger partial charge is 0.370 e. The highest BCUT2D eigenvalue weighted by atomic mass is 15.2. The maximum absolute atomic E-state index is 5.34. The molecule has 4 aliphatic rings. The van der Waals surface area contributed by atoms with Crippen LogP contribution < -0.4 is 26.1 Å². The average Bonchev–Trinajstić information content (AvgIpc) is 3.08. The molecule has 186 valence electrons. The highest BCUT2D eigenvalue weighted by Crippen LogP contribution is 2.35. The highest BCUT2D eigenvalue weighted by molar-refractivity contribution is 6.04. The van der Waals surface area contributed by atoms with Crippen molar-refractivity contribution >= 4 is 35.5 Å². The molecule has 4 heterocycles. The van der Waals surface area contributed by atoms with Crippen LogP contribution in [0.4, 0.5) is 5.82 Å². The summed E-state index contributed by atoms with van der Waals surface area (Å²) < 4.78 is 0. The van der Waals surface area contributed by atoms with Gasteiger partial charge < -0.3 is 15.5 Å². The zero-order chi connectivity index (χ0) is 24.2. The Bertz CT molecular complexity index is 1180. The summed E-state index contributed by atoms with van der Waals surface area (Å²) in [4.78, 5) is 22.3. The van der Waals surface area contributed by atoms with Crippen molar-refractivity contribution < 1.29 is 0 Å². The first kappa shape index (κ1) is 23.9. The lowest BCUT2D eigenvalue weighted by Gasteiger charge is -2.30. The van der Waals surface area contributed by atoms with Crippen molar-refractivity contribution in [3.8, 4) is 0 Å². The normalized spacial score (nSPS) is 26.0. The van der Waals surface area contributed by atoms with Gasteiger partial charge in [-0.1, -0.05) is 20.8 Å². The molecule has 7 nitrogen and oxygen atoms in total. The molecule has 5 rings (SSSR count). The molecule has 1 aliphatic carbocycles. The molecule has 0 amide bonds. The minimum absolute atomic E-state index is 0.247. The minimum atomic E-state index is 0.247. The van der Waals surface area contributed by atoms with Crippen LogP contribution in [0.5, 0.6) is 0 Å². The third-order valence-electron chi connectivity index (χ3n) is 7.89. The van der Waals surface area contributed by atoms with E-state index < -0.39 is 0 Å². The van der Waals surface area contributed by atoms with E-state index in [9.17, 15) is 0 Å². The molecule has 1 aromatic heterocycles. The number of allylic oxidation sites excluding steroid dienone is 4. The first-order valence-electron chi connectivity index (χ1n) is 13.4. The van der Waals surface area contributed by atoms with Crippen LogP contribution in [0.3, 0.4) is 0 Å². The van der Waals surface area contributed by atoms with Crippen molar-refractivity contribution in [3.63, 3.8) is 0 Å². The molecule has 2 N–H and O–H groups in total. The third kappa shape index (κ3) is 4.96. The van der Waals surface area contributed by atoms with E-state index in [0.717, 1.165) is 68.0 Å². The first-order valence-corrected chi connectivity index (χ1v) is 13.4. The Kier molecular flexibility index (Phi) is 7.42. The molecule has 2 atom stereocenters. The van der Waals surface area contributed by atoms with Crippen molar-refractivity contribution in [1.82, 2.24) is 20.6 Å². The zero-order valence-corrected chi connectivity index (χ0v) is 21.5. The van der Waals surface area contributed by atoms with E-state index in [4.69, 9.17) is 15.0 Å². The molecule has 1 fully saturated rings. The van der Waals surface area contributed by atoms with Crippen LogP contribution in [0.1, 0.15) is 58.7 Å². The minimum Gasteiger partial charge on any atom is -0.370 e. The summed E-state index contributed by atoms with van der Waals surface area (Å²) in [5.74, 6) is 2.54. The second-order valence-corrected chi connectivity index (χ2v) is 10.1. The quantitative estimate of drug-likeness (QED) is 0.702. The molecule has 0 saturated carbocycles. The van der Waals surface area contributed by atoms with E-state index >= 15 is 0 Å². The van der Waals surface area contributed by atoms with Gasteiger partial charge >= 0.3 is 0 Å². The van der Waals surface area contributed by atoms with Crippen LogP contribution in [0.2, 0.25) is 0 Å². The van der Waals surface area contributed by atoms with Gasteiger partial charge in [-0.25, -0.2) is 9.97 Å². The summed E-state index contributed by atoms with van der Waals surface area (Å²) in [5, 5.41) is 9.27. The van der Waals surface area contributed by atoms with Crippen molar-refractivity contribution in [1.29, 1.82) is 0 Å². The second-order valence-electron chi connectivity index (χ2n) is 10.1. The smallest absolute Gasteiger partial charge is 0.158 e. The van der Waals surface area contributed by atoms with E-state index in [1.165, 1.54) is 34.9 Å². The Morgan fingerprint density at radius 1 is 1.11 bits per heavy atom. The summed E-state index contributed by atoms with van der Waals surface area (Å²) >= 11 is 0. The van der Waals surface area contributed by atoms with Gasteiger partial charge in [-0.2, -0.15) is 0 Å². The van der Waals surface area contributed by atoms with Crippen LogP contribution >= 0.6 is 0 Å². The number of hydrogen-bond acceptors (Lipinski definition) is 7. The molecule has 2 unspecified atom stereocenters. The second kappa shape index (κ2) is 10.9. The van der Waals surface area contributed by atoms with Crippen molar-refractivity contribution in [3.05, 3.63) is 33.7 Å². The molecule has 0 aromatic carbocycles. The van der Waals surface area contributed by atoms with Gasteiger partial charge in [0, 0.05) is 61.0 Å². The van der Waals surface area contributed by atoms with Gasteiger partial charge in [-0.05, 0) is 61.3 Å². The van der Waals surface area contributed by atoms with E-state index in [0.29, 0.717) is 19.1 Å². The van der Waals surface area contributed by atoms with E-state index in [2.05, 4.69) is 59.7 Å². The Labute approximate surface area is 208 Å². The number of anilines is 1. The Morgan fingerprint density at radius 2 is 1.94 bits per heavy atom. The third-order valence-corrected chi connectivity index (χ3v) is 7.89. The molecule has 1 aromatic rings. The van der Waals surface area contributed by atoms with E-state index in [-0.39, 0.29) is 5.92 Å². The fourth-order valence-corrected chi connectivity index (χ4v) is 5.61. The highest BCUT2D eigenvalue weighted by Gasteiger charge is 2.26. The van der Waals surface area contributed by atoms with Crippen molar-refractivity contribution in [2.24, 2.45) is 21.8 Å². The Hall–Kier alpha value is -2.80. The summed E-state index contributed by atoms with van der Waals surface area (Å²) in [6.07, 6.45) is 14.1. The molecule has 0 radical (unpaired) electrons. The van der Waals surface area contributed by atoms with Crippen LogP contribution in [-0.4, -0.2) is 61.8 Å². The van der Waals surface area contributed by atoms with Gasteiger partial charge in [0.05, 0.1) is 11.9 Å². The molecule has 0 spiro atoms. The predicted octanol–water partition coefficient (Wildman–Crippen LogP) is 2.43. The molecule has 35 heavy (non-hydrogen) atoms. The van der Waals surface area contributed by atoms with Crippen LogP contribution in [0.25, 0.3) is 17.2 Å². The van der Waals surface area contributed by atoms with Crippen molar-refractivity contribution in [2.75, 3.05) is 44.3 Å². The maximum Gasteiger partial charge on any atom is 0.158 e. The summed E-state index contributed by atoms with van der Waals surface area (Å²) in [5.41, 5.74) is 5.29. The van der Waals surface area contributed by atoms with Crippen LogP contribution in [0.15, 0.2) is 27.3 Å². The van der Waals surface area contributed by atoms with Crippen molar-refractivity contribution in [2.45, 2.75) is 52.9 Å². The zero-order valence-electron chi connectivity index (χ0n) is 21.5. The number of nitrogens with zero attached hydrogens (tertiary/aromatic N) is 5. The Morgan fingerprint density at radius 3 is 2.77 bits per heavy atom. The van der Waals surface area contributed by atoms with Gasteiger partial charge in [0.2, 0.25) is 0 Å². The SMILES string of the molecule is CCC(C)C1=c2c(N3CCNCC3)nc(/C3=C/C=N\CNC4=C(CCCC4)C3C)nc2=CCN=C1. The standard InChI is InChI=1S/C28H39N7/c1-4-19(2)23-17-30-12-10-25-26(23)28(35-15-13-29-14-16-35)34-27(33-25)22-9-11-31-18-32-24-8-6-5-7-21(24)20(22)3/h9-11,17,19-20,29,32H,4-8,12-16,18H2,1-3H3/b22-9+,31-11-. The van der Waals surface area contributed by atoms with Gasteiger partial charge in [0.15, 0.2) is 5.82 Å². The summed E-state index contributed by atoms with van der Waals surface area (Å²) in [6, 6.07) is 0. The number of aromatic nitrogens is 2. The number of hydrogen-bond donors (Lipinski definition) is 2. The number of aliphatic imine (C=N–C) groups is 2. The van der Waals surface area contributed by atoms with Gasteiger partial charge in [-0.3, -0.25) is 9.98 Å². The lowest BCUT2D eigenvalue weighted by Crippen LogP contribution is -2.49.